The van der Waals surface area contributed by atoms with Crippen molar-refractivity contribution in [2.24, 2.45) is 0 Å². The van der Waals surface area contributed by atoms with E-state index in [1.54, 1.807) is 36.4 Å². The summed E-state index contributed by atoms with van der Waals surface area (Å²) in [7, 11) is 0. The number of carbonyl (C=O) groups is 1. The van der Waals surface area contributed by atoms with Crippen LogP contribution in [0.1, 0.15) is 13.8 Å². The van der Waals surface area contributed by atoms with Gasteiger partial charge in [-0.1, -0.05) is 36.4 Å². The Kier molecular flexibility index (Phi) is 4.43. The topological polar surface area (TPSA) is 41.1 Å². The van der Waals surface area contributed by atoms with Crippen LogP contribution < -0.4 is 10.6 Å². The van der Waals surface area contributed by atoms with Gasteiger partial charge in [-0.2, -0.15) is 13.2 Å². The van der Waals surface area contributed by atoms with E-state index < -0.39 is 23.7 Å². The summed E-state index contributed by atoms with van der Waals surface area (Å²) in [5.74, 6) is -4.21. The Morgan fingerprint density at radius 2 is 1.50 bits per heavy atom. The molecule has 130 valence electrons. The number of fused-ring (bicyclic) bond motifs is 1. The van der Waals surface area contributed by atoms with E-state index in [1.807, 2.05) is 0 Å². The number of carbonyl (C=O) groups excluding carboxylic acids is 1. The summed E-state index contributed by atoms with van der Waals surface area (Å²) in [4.78, 5) is 11.9. The first-order valence-corrected chi connectivity index (χ1v) is 6.97. The van der Waals surface area contributed by atoms with Gasteiger partial charge in [-0.05, 0) is 18.4 Å². The van der Waals surface area contributed by atoms with Crippen LogP contribution in [0.3, 0.4) is 0 Å². The highest BCUT2D eigenvalue weighted by Gasteiger charge is 2.65. The summed E-state index contributed by atoms with van der Waals surface area (Å²) < 4.78 is 66.0. The van der Waals surface area contributed by atoms with Gasteiger partial charge >= 0.3 is 12.2 Å². The van der Waals surface area contributed by atoms with Crippen LogP contribution >= 0.6 is 0 Å². The van der Waals surface area contributed by atoms with Gasteiger partial charge in [-0.25, -0.2) is 13.6 Å². The van der Waals surface area contributed by atoms with E-state index in [4.69, 9.17) is 0 Å². The van der Waals surface area contributed by atoms with Crippen molar-refractivity contribution < 1.29 is 26.7 Å². The number of rotatable bonds is 3. The molecule has 2 N–H and O–H groups in total. The minimum atomic E-state index is -5.33. The normalized spacial score (nSPS) is 15.0. The van der Waals surface area contributed by atoms with E-state index in [0.29, 0.717) is 5.39 Å². The van der Waals surface area contributed by atoms with E-state index in [2.05, 4.69) is 5.32 Å². The van der Waals surface area contributed by atoms with Crippen LogP contribution in [0.2, 0.25) is 0 Å². The Labute approximate surface area is 134 Å². The Hall–Kier alpha value is -2.38. The van der Waals surface area contributed by atoms with Gasteiger partial charge in [0, 0.05) is 12.3 Å². The number of benzene rings is 2. The second kappa shape index (κ2) is 5.92. The van der Waals surface area contributed by atoms with Crippen molar-refractivity contribution in [3.8, 4) is 0 Å². The molecule has 2 aromatic carbocycles. The predicted octanol–water partition coefficient (Wildman–Crippen LogP) is 4.94. The standard InChI is InChI=1S/C16H15F5N2O/c1-14(15(2,17)18,16(19,20)21)23-13(24)22-12-9-5-7-10-6-3-4-8-11(10)12/h3-9H,1-2H3,(H2,22,23,24). The quantitative estimate of drug-likeness (QED) is 0.760. The lowest BCUT2D eigenvalue weighted by Gasteiger charge is -2.37. The van der Waals surface area contributed by atoms with Crippen LogP contribution in [-0.4, -0.2) is 23.7 Å². The Bertz CT molecular complexity index is 733. The van der Waals surface area contributed by atoms with Crippen molar-refractivity contribution >= 4 is 22.5 Å². The summed E-state index contributed by atoms with van der Waals surface area (Å²) in [6.45, 7) is 0.356. The predicted molar refractivity (Wildman–Crippen MR) is 81.2 cm³/mol. The second-order valence-corrected chi connectivity index (χ2v) is 5.62. The zero-order chi connectivity index (χ0) is 18.2. The van der Waals surface area contributed by atoms with E-state index in [1.165, 1.54) is 11.4 Å². The number of alkyl halides is 5. The second-order valence-electron chi connectivity index (χ2n) is 5.62. The molecule has 0 saturated heterocycles. The van der Waals surface area contributed by atoms with Gasteiger partial charge in [0.05, 0.1) is 5.69 Å². The Morgan fingerprint density at radius 1 is 0.917 bits per heavy atom. The molecular weight excluding hydrogens is 331 g/mol. The van der Waals surface area contributed by atoms with Crippen LogP contribution in [0.25, 0.3) is 10.8 Å². The minimum Gasteiger partial charge on any atom is -0.319 e. The number of urea groups is 1. The maximum Gasteiger partial charge on any atom is 0.417 e. The summed E-state index contributed by atoms with van der Waals surface area (Å²) in [6, 6.07) is 10.3. The largest absolute Gasteiger partial charge is 0.417 e. The van der Waals surface area contributed by atoms with E-state index in [0.717, 1.165) is 5.39 Å². The van der Waals surface area contributed by atoms with Gasteiger partial charge in [-0.3, -0.25) is 0 Å². The molecule has 24 heavy (non-hydrogen) atoms. The average Bonchev–Trinajstić information content (AvgIpc) is 2.45. The van der Waals surface area contributed by atoms with Gasteiger partial charge in [0.2, 0.25) is 0 Å². The lowest BCUT2D eigenvalue weighted by atomic mass is 9.94. The van der Waals surface area contributed by atoms with Crippen LogP contribution in [0.15, 0.2) is 42.5 Å². The first kappa shape index (κ1) is 18.0. The third-order valence-corrected chi connectivity index (χ3v) is 3.85. The first-order valence-electron chi connectivity index (χ1n) is 6.97. The van der Waals surface area contributed by atoms with Gasteiger partial charge in [0.15, 0.2) is 5.54 Å². The lowest BCUT2D eigenvalue weighted by Crippen LogP contribution is -2.66. The highest BCUT2D eigenvalue weighted by atomic mass is 19.4. The monoisotopic (exact) mass is 346 g/mol. The first-order chi connectivity index (χ1) is 11.0. The molecule has 2 aromatic rings. The van der Waals surface area contributed by atoms with Crippen molar-refractivity contribution in [1.82, 2.24) is 5.32 Å². The molecule has 3 nitrogen and oxygen atoms in total. The van der Waals surface area contributed by atoms with Gasteiger partial charge < -0.3 is 10.6 Å². The maximum atomic E-state index is 13.5. The van der Waals surface area contributed by atoms with Gasteiger partial charge in [0.1, 0.15) is 0 Å². The highest BCUT2D eigenvalue weighted by molar-refractivity contribution is 6.01. The molecule has 0 bridgehead atoms. The molecule has 1 atom stereocenters. The molecule has 0 radical (unpaired) electrons. The molecule has 0 heterocycles. The summed E-state index contributed by atoms with van der Waals surface area (Å²) in [5.41, 5.74) is -3.48. The number of hydrogen-bond donors (Lipinski definition) is 2. The number of anilines is 1. The highest BCUT2D eigenvalue weighted by Crippen LogP contribution is 2.41. The molecule has 0 fully saturated rings. The Balaban J connectivity index is 2.29. The summed E-state index contributed by atoms with van der Waals surface area (Å²) >= 11 is 0. The van der Waals surface area contributed by atoms with Crippen LogP contribution in [0.5, 0.6) is 0 Å². The van der Waals surface area contributed by atoms with E-state index in [9.17, 15) is 26.7 Å². The van der Waals surface area contributed by atoms with Crippen LogP contribution in [-0.2, 0) is 0 Å². The van der Waals surface area contributed by atoms with E-state index in [-0.39, 0.29) is 19.5 Å². The van der Waals surface area contributed by atoms with Crippen LogP contribution in [0, 0.1) is 0 Å². The fraction of sp³-hybridized carbons (Fsp3) is 0.312. The molecule has 0 aliphatic carbocycles. The third-order valence-electron chi connectivity index (χ3n) is 3.85. The molecule has 8 heteroatoms. The maximum absolute atomic E-state index is 13.5. The zero-order valence-electron chi connectivity index (χ0n) is 12.8. The number of halogens is 5. The number of nitrogens with one attached hydrogen (secondary N) is 2. The average molecular weight is 346 g/mol. The number of hydrogen-bond acceptors (Lipinski definition) is 1. The third kappa shape index (κ3) is 3.27. The Morgan fingerprint density at radius 3 is 2.08 bits per heavy atom. The lowest BCUT2D eigenvalue weighted by molar-refractivity contribution is -0.249. The number of amides is 2. The molecule has 2 amide bonds. The van der Waals surface area contributed by atoms with Crippen molar-refractivity contribution in [1.29, 1.82) is 0 Å². The van der Waals surface area contributed by atoms with Crippen molar-refractivity contribution in [3.63, 3.8) is 0 Å². The molecular formula is C16H15F5N2O. The van der Waals surface area contributed by atoms with E-state index >= 15 is 0 Å². The van der Waals surface area contributed by atoms with Gasteiger partial charge in [0.25, 0.3) is 5.92 Å². The molecule has 0 saturated carbocycles. The zero-order valence-corrected chi connectivity index (χ0v) is 12.8. The fourth-order valence-corrected chi connectivity index (χ4v) is 2.14. The molecule has 0 aliphatic heterocycles. The molecule has 0 aromatic heterocycles. The summed E-state index contributed by atoms with van der Waals surface area (Å²) in [6.07, 6.45) is -5.33. The molecule has 0 aliphatic rings. The molecule has 2 rings (SSSR count). The molecule has 1 unspecified atom stereocenters. The minimum absolute atomic E-state index is 0.110. The molecule has 0 spiro atoms. The van der Waals surface area contributed by atoms with Crippen molar-refractivity contribution in [2.75, 3.05) is 5.32 Å². The van der Waals surface area contributed by atoms with Gasteiger partial charge in [-0.15, -0.1) is 0 Å². The van der Waals surface area contributed by atoms with Crippen molar-refractivity contribution in [2.45, 2.75) is 31.5 Å². The SMILES string of the molecule is CC(F)(F)C(C)(NC(=O)Nc1cccc2ccccc12)C(F)(F)F. The smallest absolute Gasteiger partial charge is 0.319 e. The van der Waals surface area contributed by atoms with Crippen LogP contribution in [0.4, 0.5) is 32.4 Å². The fourth-order valence-electron chi connectivity index (χ4n) is 2.14. The summed E-state index contributed by atoms with van der Waals surface area (Å²) in [5, 5.41) is 4.88. The van der Waals surface area contributed by atoms with Crippen molar-refractivity contribution in [3.05, 3.63) is 42.5 Å².